The van der Waals surface area contributed by atoms with Gasteiger partial charge in [0.25, 0.3) is 5.91 Å². The highest BCUT2D eigenvalue weighted by atomic mass is 16.2. The van der Waals surface area contributed by atoms with Crippen LogP contribution in [0.2, 0.25) is 0 Å². The second kappa shape index (κ2) is 5.22. The number of Topliss-reactive ketones (excluding diaryl/α,β-unsaturated/α-hetero) is 1. The molecule has 1 fully saturated rings. The molecule has 1 aromatic carbocycles. The van der Waals surface area contributed by atoms with Gasteiger partial charge in [-0.3, -0.25) is 14.4 Å². The third-order valence-electron chi connectivity index (χ3n) is 3.38. The molecule has 2 N–H and O–H groups in total. The van der Waals surface area contributed by atoms with Crippen molar-refractivity contribution in [2.45, 2.75) is 19.8 Å². The van der Waals surface area contributed by atoms with Crippen molar-refractivity contribution in [1.29, 1.82) is 0 Å². The lowest BCUT2D eigenvalue weighted by Gasteiger charge is -2.23. The first-order valence-electron chi connectivity index (χ1n) is 6.17. The van der Waals surface area contributed by atoms with Crippen LogP contribution in [0.3, 0.4) is 0 Å². The van der Waals surface area contributed by atoms with Crippen molar-refractivity contribution in [3.05, 3.63) is 29.3 Å². The van der Waals surface area contributed by atoms with Gasteiger partial charge in [0.1, 0.15) is 5.78 Å². The van der Waals surface area contributed by atoms with Gasteiger partial charge in [-0.15, -0.1) is 0 Å². The number of benzene rings is 1. The predicted molar refractivity (Wildman–Crippen MR) is 70.9 cm³/mol. The summed E-state index contributed by atoms with van der Waals surface area (Å²) >= 11 is 0. The molecule has 1 saturated carbocycles. The maximum atomic E-state index is 11.9. The van der Waals surface area contributed by atoms with Crippen LogP contribution < -0.4 is 10.6 Å². The lowest BCUT2D eigenvalue weighted by Crippen LogP contribution is -2.34. The molecule has 0 bridgehead atoms. The Balaban J connectivity index is 2.14. The number of carbonyl (C=O) groups excluding carboxylic acids is 3. The molecule has 0 saturated heterocycles. The molecule has 0 aromatic heterocycles. The van der Waals surface area contributed by atoms with Crippen molar-refractivity contribution in [1.82, 2.24) is 5.32 Å². The fourth-order valence-electron chi connectivity index (χ4n) is 2.06. The SMILES string of the molecule is CNC(=O)c1cccc(NC(=O)C2CC(=O)C2)c1C. The zero-order chi connectivity index (χ0) is 14.0. The topological polar surface area (TPSA) is 75.3 Å². The molecule has 1 aliphatic rings. The maximum Gasteiger partial charge on any atom is 0.251 e. The van der Waals surface area contributed by atoms with Crippen LogP contribution >= 0.6 is 0 Å². The number of anilines is 1. The quantitative estimate of drug-likeness (QED) is 0.859. The molecular weight excluding hydrogens is 244 g/mol. The van der Waals surface area contributed by atoms with Crippen LogP contribution in [0, 0.1) is 12.8 Å². The van der Waals surface area contributed by atoms with E-state index in [0.29, 0.717) is 24.1 Å². The van der Waals surface area contributed by atoms with Gasteiger partial charge in [0.2, 0.25) is 5.91 Å². The standard InChI is InChI=1S/C14H16N2O3/c1-8-11(14(19)15-2)4-3-5-12(8)16-13(18)9-6-10(17)7-9/h3-5,9H,6-7H2,1-2H3,(H,15,19)(H,16,18). The highest BCUT2D eigenvalue weighted by Crippen LogP contribution is 2.26. The molecular formula is C14H16N2O3. The number of hydrogen-bond acceptors (Lipinski definition) is 3. The monoisotopic (exact) mass is 260 g/mol. The van der Waals surface area contributed by atoms with Crippen molar-refractivity contribution in [3.63, 3.8) is 0 Å². The van der Waals surface area contributed by atoms with E-state index < -0.39 is 0 Å². The van der Waals surface area contributed by atoms with Crippen LogP contribution in [0.25, 0.3) is 0 Å². The summed E-state index contributed by atoms with van der Waals surface area (Å²) in [5.74, 6) is -0.448. The summed E-state index contributed by atoms with van der Waals surface area (Å²) in [7, 11) is 1.56. The van der Waals surface area contributed by atoms with Gasteiger partial charge in [0.15, 0.2) is 0 Å². The van der Waals surface area contributed by atoms with Crippen molar-refractivity contribution in [2.24, 2.45) is 5.92 Å². The first-order valence-corrected chi connectivity index (χ1v) is 6.17. The maximum absolute atomic E-state index is 11.9. The van der Waals surface area contributed by atoms with E-state index in [1.54, 1.807) is 32.2 Å². The van der Waals surface area contributed by atoms with Crippen molar-refractivity contribution >= 4 is 23.3 Å². The van der Waals surface area contributed by atoms with Gasteiger partial charge >= 0.3 is 0 Å². The van der Waals surface area contributed by atoms with Crippen LogP contribution in [0.5, 0.6) is 0 Å². The molecule has 1 aliphatic carbocycles. The minimum absolute atomic E-state index is 0.121. The van der Waals surface area contributed by atoms with Gasteiger partial charge in [-0.25, -0.2) is 0 Å². The summed E-state index contributed by atoms with van der Waals surface area (Å²) in [6.07, 6.45) is 0.639. The van der Waals surface area contributed by atoms with E-state index in [0.717, 1.165) is 5.56 Å². The van der Waals surface area contributed by atoms with Crippen molar-refractivity contribution in [2.75, 3.05) is 12.4 Å². The molecule has 0 unspecified atom stereocenters. The first kappa shape index (κ1) is 13.3. The molecule has 0 spiro atoms. The molecule has 1 aromatic rings. The first-order chi connectivity index (χ1) is 9.02. The number of ketones is 1. The highest BCUT2D eigenvalue weighted by molar-refractivity contribution is 6.03. The van der Waals surface area contributed by atoms with Crippen LogP contribution in [0.4, 0.5) is 5.69 Å². The highest BCUT2D eigenvalue weighted by Gasteiger charge is 2.32. The molecule has 5 heteroatoms. The van der Waals surface area contributed by atoms with Gasteiger partial charge in [-0.2, -0.15) is 0 Å². The molecule has 0 heterocycles. The van der Waals surface area contributed by atoms with E-state index in [1.807, 2.05) is 0 Å². The molecule has 5 nitrogen and oxygen atoms in total. The van der Waals surface area contributed by atoms with E-state index >= 15 is 0 Å². The Bertz CT molecular complexity index is 544. The van der Waals surface area contributed by atoms with E-state index in [2.05, 4.69) is 10.6 Å². The molecule has 0 radical (unpaired) electrons. The van der Waals surface area contributed by atoms with Crippen LogP contribution in [-0.2, 0) is 9.59 Å². The zero-order valence-electron chi connectivity index (χ0n) is 10.9. The minimum atomic E-state index is -0.226. The fourth-order valence-corrected chi connectivity index (χ4v) is 2.06. The van der Waals surface area contributed by atoms with Gasteiger partial charge < -0.3 is 10.6 Å². The van der Waals surface area contributed by atoms with Crippen molar-refractivity contribution in [3.8, 4) is 0 Å². The molecule has 0 atom stereocenters. The Hall–Kier alpha value is -2.17. The number of rotatable bonds is 3. The van der Waals surface area contributed by atoms with E-state index in [9.17, 15) is 14.4 Å². The Morgan fingerprint density at radius 3 is 2.53 bits per heavy atom. The Kier molecular flexibility index (Phi) is 3.64. The van der Waals surface area contributed by atoms with Gasteiger partial charge in [0.05, 0.1) is 5.92 Å². The van der Waals surface area contributed by atoms with Gasteiger partial charge in [-0.05, 0) is 24.6 Å². The molecule has 100 valence electrons. The summed E-state index contributed by atoms with van der Waals surface area (Å²) in [5.41, 5.74) is 1.87. The summed E-state index contributed by atoms with van der Waals surface area (Å²) in [6, 6.07) is 5.18. The number of amides is 2. The van der Waals surface area contributed by atoms with E-state index in [1.165, 1.54) is 0 Å². The Morgan fingerprint density at radius 1 is 1.26 bits per heavy atom. The molecule has 0 aliphatic heterocycles. The third kappa shape index (κ3) is 2.65. The van der Waals surface area contributed by atoms with Crippen LogP contribution in [-0.4, -0.2) is 24.6 Å². The number of hydrogen-bond donors (Lipinski definition) is 2. The summed E-state index contributed by atoms with van der Waals surface area (Å²) in [4.78, 5) is 34.4. The molecule has 19 heavy (non-hydrogen) atoms. The normalized spacial score (nSPS) is 14.7. The molecule has 2 rings (SSSR count). The predicted octanol–water partition coefficient (Wildman–Crippen LogP) is 1.27. The second-order valence-corrected chi connectivity index (χ2v) is 4.69. The average Bonchev–Trinajstić information content (AvgIpc) is 2.36. The van der Waals surface area contributed by atoms with Crippen LogP contribution in [0.1, 0.15) is 28.8 Å². The smallest absolute Gasteiger partial charge is 0.251 e. The van der Waals surface area contributed by atoms with Crippen LogP contribution in [0.15, 0.2) is 18.2 Å². The largest absolute Gasteiger partial charge is 0.355 e. The van der Waals surface area contributed by atoms with E-state index in [-0.39, 0.29) is 23.5 Å². The fraction of sp³-hybridized carbons (Fsp3) is 0.357. The third-order valence-corrected chi connectivity index (χ3v) is 3.38. The zero-order valence-corrected chi connectivity index (χ0v) is 10.9. The van der Waals surface area contributed by atoms with Crippen molar-refractivity contribution < 1.29 is 14.4 Å². The minimum Gasteiger partial charge on any atom is -0.355 e. The summed E-state index contributed by atoms with van der Waals surface area (Å²) in [5, 5.41) is 5.34. The number of nitrogens with one attached hydrogen (secondary N) is 2. The van der Waals surface area contributed by atoms with Gasteiger partial charge in [0, 0.05) is 31.1 Å². The van der Waals surface area contributed by atoms with E-state index in [4.69, 9.17) is 0 Å². The Labute approximate surface area is 111 Å². The lowest BCUT2D eigenvalue weighted by molar-refractivity contribution is -0.135. The van der Waals surface area contributed by atoms with Gasteiger partial charge in [-0.1, -0.05) is 6.07 Å². The number of carbonyl (C=O) groups is 3. The average molecular weight is 260 g/mol. The second-order valence-electron chi connectivity index (χ2n) is 4.69. The molecule has 2 amide bonds. The Morgan fingerprint density at radius 2 is 1.95 bits per heavy atom. The lowest BCUT2D eigenvalue weighted by atomic mass is 9.83. The summed E-state index contributed by atoms with van der Waals surface area (Å²) < 4.78 is 0. The summed E-state index contributed by atoms with van der Waals surface area (Å²) in [6.45, 7) is 1.78.